The summed E-state index contributed by atoms with van der Waals surface area (Å²) in [6.45, 7) is 6.49. The number of carbonyl (C=O) groups excluding carboxylic acids is 1. The van der Waals surface area contributed by atoms with E-state index in [1.807, 2.05) is 32.9 Å². The van der Waals surface area contributed by atoms with E-state index in [4.69, 9.17) is 0 Å². The van der Waals surface area contributed by atoms with Gasteiger partial charge in [0.05, 0.1) is 16.9 Å². The number of benzene rings is 2. The van der Waals surface area contributed by atoms with Crippen molar-refractivity contribution in [3.05, 3.63) is 58.7 Å². The zero-order valence-electron chi connectivity index (χ0n) is 14.9. The maximum Gasteiger partial charge on any atom is 0.416 e. The van der Waals surface area contributed by atoms with E-state index in [0.717, 1.165) is 41.1 Å². The van der Waals surface area contributed by atoms with E-state index in [2.05, 4.69) is 5.32 Å². The fraction of sp³-hybridized carbons (Fsp3) is 0.350. The van der Waals surface area contributed by atoms with Crippen LogP contribution in [-0.2, 0) is 6.18 Å². The van der Waals surface area contributed by atoms with E-state index in [9.17, 15) is 18.0 Å². The Hall–Kier alpha value is -2.50. The highest BCUT2D eigenvalue weighted by Crippen LogP contribution is 2.35. The third-order valence-electron chi connectivity index (χ3n) is 4.86. The quantitative estimate of drug-likeness (QED) is 0.799. The summed E-state index contributed by atoms with van der Waals surface area (Å²) in [5.74, 6) is -0.289. The third-order valence-corrected chi connectivity index (χ3v) is 4.86. The van der Waals surface area contributed by atoms with Crippen molar-refractivity contribution in [3.8, 4) is 0 Å². The lowest BCUT2D eigenvalue weighted by molar-refractivity contribution is -0.137. The van der Waals surface area contributed by atoms with Gasteiger partial charge >= 0.3 is 6.18 Å². The van der Waals surface area contributed by atoms with Crippen LogP contribution < -0.4 is 10.2 Å². The van der Waals surface area contributed by atoms with Crippen LogP contribution in [0.15, 0.2) is 36.4 Å². The van der Waals surface area contributed by atoms with Gasteiger partial charge in [-0.3, -0.25) is 4.79 Å². The monoisotopic (exact) mass is 362 g/mol. The maximum atomic E-state index is 13.0. The number of fused-ring (bicyclic) bond motifs is 1. The van der Waals surface area contributed by atoms with Gasteiger partial charge < -0.3 is 10.2 Å². The fourth-order valence-corrected chi connectivity index (χ4v) is 3.11. The summed E-state index contributed by atoms with van der Waals surface area (Å²) in [6.07, 6.45) is -3.58. The third kappa shape index (κ3) is 3.41. The summed E-state index contributed by atoms with van der Waals surface area (Å²) in [5, 5.41) is 3.44. The summed E-state index contributed by atoms with van der Waals surface area (Å²) in [6, 6.07) is 8.46. The van der Waals surface area contributed by atoms with Crippen LogP contribution in [-0.4, -0.2) is 18.5 Å². The first-order valence-corrected chi connectivity index (χ1v) is 8.57. The predicted molar refractivity (Wildman–Crippen MR) is 96.7 cm³/mol. The van der Waals surface area contributed by atoms with Gasteiger partial charge in [-0.1, -0.05) is 6.92 Å². The van der Waals surface area contributed by atoms with Crippen molar-refractivity contribution in [1.82, 2.24) is 0 Å². The molecule has 2 aromatic carbocycles. The predicted octanol–water partition coefficient (Wildman–Crippen LogP) is 5.17. The summed E-state index contributed by atoms with van der Waals surface area (Å²) < 4.78 is 38.2. The number of nitrogens with zero attached hydrogens (tertiary/aromatic N) is 1. The molecule has 1 heterocycles. The molecule has 0 radical (unpaired) electrons. The number of anilines is 2. The first kappa shape index (κ1) is 18.3. The summed E-state index contributed by atoms with van der Waals surface area (Å²) in [5.41, 5.74) is 3.32. The van der Waals surface area contributed by atoms with E-state index in [1.165, 1.54) is 12.1 Å². The number of amides is 1. The minimum atomic E-state index is -4.41. The SMILES string of the molecule is CCC1CN(C(=O)c2ccc(C(F)(F)F)cc2)c2cc(C)c(C)cc2N1. The highest BCUT2D eigenvalue weighted by molar-refractivity contribution is 6.08. The van der Waals surface area contributed by atoms with Crippen LogP contribution in [0.5, 0.6) is 0 Å². The molecule has 0 bridgehead atoms. The Balaban J connectivity index is 1.97. The zero-order valence-corrected chi connectivity index (χ0v) is 14.9. The number of rotatable bonds is 2. The molecule has 0 saturated carbocycles. The molecule has 1 N–H and O–H groups in total. The van der Waals surface area contributed by atoms with Crippen LogP contribution >= 0.6 is 0 Å². The molecule has 0 spiro atoms. The van der Waals surface area contributed by atoms with E-state index < -0.39 is 11.7 Å². The molecule has 1 atom stereocenters. The Morgan fingerprint density at radius 2 is 1.77 bits per heavy atom. The molecule has 0 saturated heterocycles. The molecule has 0 aliphatic carbocycles. The minimum Gasteiger partial charge on any atom is -0.379 e. The lowest BCUT2D eigenvalue weighted by Gasteiger charge is -2.36. The van der Waals surface area contributed by atoms with Crippen LogP contribution in [0.1, 0.15) is 40.4 Å². The number of hydrogen-bond donors (Lipinski definition) is 1. The van der Waals surface area contributed by atoms with Crippen LogP contribution in [0.2, 0.25) is 0 Å². The van der Waals surface area contributed by atoms with Crippen LogP contribution in [0.4, 0.5) is 24.5 Å². The van der Waals surface area contributed by atoms with Gasteiger partial charge in [0.15, 0.2) is 0 Å². The molecule has 1 amide bonds. The van der Waals surface area contributed by atoms with Crippen molar-refractivity contribution in [2.24, 2.45) is 0 Å². The Kier molecular flexibility index (Phi) is 4.69. The molecule has 1 unspecified atom stereocenters. The molecule has 1 aliphatic heterocycles. The van der Waals surface area contributed by atoms with Gasteiger partial charge in [0, 0.05) is 18.2 Å². The van der Waals surface area contributed by atoms with Crippen LogP contribution in [0.3, 0.4) is 0 Å². The van der Waals surface area contributed by atoms with Crippen molar-refractivity contribution in [2.75, 3.05) is 16.8 Å². The Morgan fingerprint density at radius 3 is 2.35 bits per heavy atom. The molecule has 0 fully saturated rings. The standard InChI is InChI=1S/C20H21F3N2O/c1-4-16-11-25(18-10-13(3)12(2)9-17(18)24-16)19(26)14-5-7-15(8-6-14)20(21,22)23/h5-10,16,24H,4,11H2,1-3H3. The smallest absolute Gasteiger partial charge is 0.379 e. The zero-order chi connectivity index (χ0) is 19.1. The first-order chi connectivity index (χ1) is 12.2. The van der Waals surface area contributed by atoms with Crippen molar-refractivity contribution >= 4 is 17.3 Å². The van der Waals surface area contributed by atoms with Gasteiger partial charge in [-0.2, -0.15) is 13.2 Å². The molecule has 6 heteroatoms. The van der Waals surface area contributed by atoms with E-state index in [0.29, 0.717) is 6.54 Å². The molecule has 0 aromatic heterocycles. The maximum absolute atomic E-state index is 13.0. The second kappa shape index (κ2) is 6.67. The van der Waals surface area contributed by atoms with Crippen molar-refractivity contribution < 1.29 is 18.0 Å². The lowest BCUT2D eigenvalue weighted by atomic mass is 10.0. The highest BCUT2D eigenvalue weighted by Gasteiger charge is 2.32. The van der Waals surface area contributed by atoms with Gasteiger partial charge in [-0.15, -0.1) is 0 Å². The number of aryl methyl sites for hydroxylation is 2. The largest absolute Gasteiger partial charge is 0.416 e. The fourth-order valence-electron chi connectivity index (χ4n) is 3.11. The molecule has 26 heavy (non-hydrogen) atoms. The van der Waals surface area contributed by atoms with Crippen LogP contribution in [0, 0.1) is 13.8 Å². The minimum absolute atomic E-state index is 0.100. The Bertz CT molecular complexity index is 828. The molecular weight excluding hydrogens is 341 g/mol. The average molecular weight is 362 g/mol. The number of nitrogens with one attached hydrogen (secondary N) is 1. The van der Waals surface area contributed by atoms with Gasteiger partial charge in [0.25, 0.3) is 5.91 Å². The second-order valence-electron chi connectivity index (χ2n) is 6.69. The van der Waals surface area contributed by atoms with Gasteiger partial charge in [-0.25, -0.2) is 0 Å². The van der Waals surface area contributed by atoms with Crippen molar-refractivity contribution in [3.63, 3.8) is 0 Å². The van der Waals surface area contributed by atoms with Crippen molar-refractivity contribution in [1.29, 1.82) is 0 Å². The van der Waals surface area contributed by atoms with Gasteiger partial charge in [-0.05, 0) is 67.8 Å². The number of hydrogen-bond acceptors (Lipinski definition) is 2. The summed E-state index contributed by atoms with van der Waals surface area (Å²) >= 11 is 0. The number of halogens is 3. The highest BCUT2D eigenvalue weighted by atomic mass is 19.4. The van der Waals surface area contributed by atoms with Crippen molar-refractivity contribution in [2.45, 2.75) is 39.4 Å². The first-order valence-electron chi connectivity index (χ1n) is 8.57. The normalized spacial score (nSPS) is 16.8. The second-order valence-corrected chi connectivity index (χ2v) is 6.69. The Labute approximate surface area is 150 Å². The topological polar surface area (TPSA) is 32.3 Å². The molecule has 138 valence electrons. The number of alkyl halides is 3. The van der Waals surface area contributed by atoms with E-state index in [-0.39, 0.29) is 17.5 Å². The molecule has 1 aliphatic rings. The van der Waals surface area contributed by atoms with Gasteiger partial charge in [0.2, 0.25) is 0 Å². The van der Waals surface area contributed by atoms with E-state index in [1.54, 1.807) is 4.90 Å². The molecule has 3 rings (SSSR count). The summed E-state index contributed by atoms with van der Waals surface area (Å²) in [4.78, 5) is 14.7. The lowest BCUT2D eigenvalue weighted by Crippen LogP contribution is -2.44. The molecule has 3 nitrogen and oxygen atoms in total. The number of carbonyl (C=O) groups is 1. The van der Waals surface area contributed by atoms with E-state index >= 15 is 0 Å². The average Bonchev–Trinajstić information content (AvgIpc) is 2.60. The van der Waals surface area contributed by atoms with Gasteiger partial charge in [0.1, 0.15) is 0 Å². The van der Waals surface area contributed by atoms with Crippen LogP contribution in [0.25, 0.3) is 0 Å². The molecular formula is C20H21F3N2O. The molecule has 2 aromatic rings. The summed E-state index contributed by atoms with van der Waals surface area (Å²) in [7, 11) is 0. The Morgan fingerprint density at radius 1 is 1.15 bits per heavy atom.